The molecule has 1 aromatic heterocycles. The van der Waals surface area contributed by atoms with Gasteiger partial charge in [-0.05, 0) is 35.9 Å². The molecule has 34 heavy (non-hydrogen) atoms. The third-order valence-electron chi connectivity index (χ3n) is 5.43. The fourth-order valence-electron chi connectivity index (χ4n) is 3.67. The maximum absolute atomic E-state index is 13.6. The maximum Gasteiger partial charge on any atom is 0.260 e. The first kappa shape index (κ1) is 22.2. The topological polar surface area (TPSA) is 50.3 Å². The summed E-state index contributed by atoms with van der Waals surface area (Å²) in [5.41, 5.74) is 3.51. The van der Waals surface area contributed by atoms with E-state index in [1.165, 1.54) is 11.3 Å². The van der Waals surface area contributed by atoms with Crippen LogP contribution in [0.5, 0.6) is 0 Å². The number of ketones is 1. The lowest BCUT2D eigenvalue weighted by atomic mass is 10.0. The highest BCUT2D eigenvalue weighted by molar-refractivity contribution is 9.10. The number of benzene rings is 4. The average Bonchev–Trinajstić information content (AvgIpc) is 3.30. The van der Waals surface area contributed by atoms with Crippen molar-refractivity contribution in [2.45, 2.75) is 6.54 Å². The second kappa shape index (κ2) is 9.71. The summed E-state index contributed by atoms with van der Waals surface area (Å²) in [7, 11) is 0. The summed E-state index contributed by atoms with van der Waals surface area (Å²) in [5.74, 6) is -0.238. The Kier molecular flexibility index (Phi) is 6.34. The van der Waals surface area contributed by atoms with E-state index < -0.39 is 0 Å². The van der Waals surface area contributed by atoms with Crippen LogP contribution in [0.1, 0.15) is 31.8 Å². The SMILES string of the molecule is O=C(c1ccccc1)c1ccc(C(=O)N(Cc2ccccc2)c2nc3ccc(Br)cc3s2)cc1. The third kappa shape index (κ3) is 4.69. The zero-order valence-corrected chi connectivity index (χ0v) is 20.4. The van der Waals surface area contributed by atoms with E-state index in [9.17, 15) is 9.59 Å². The van der Waals surface area contributed by atoms with Gasteiger partial charge in [0, 0.05) is 21.2 Å². The quantitative estimate of drug-likeness (QED) is 0.221. The van der Waals surface area contributed by atoms with E-state index >= 15 is 0 Å². The molecular formula is C28H19BrN2O2S. The summed E-state index contributed by atoms with van der Waals surface area (Å²) >= 11 is 4.98. The predicted molar refractivity (Wildman–Crippen MR) is 141 cm³/mol. The average molecular weight is 527 g/mol. The van der Waals surface area contributed by atoms with E-state index in [4.69, 9.17) is 4.98 Å². The van der Waals surface area contributed by atoms with Crippen molar-refractivity contribution in [3.8, 4) is 0 Å². The van der Waals surface area contributed by atoms with Gasteiger partial charge in [0.2, 0.25) is 0 Å². The van der Waals surface area contributed by atoms with E-state index in [-0.39, 0.29) is 11.7 Å². The minimum absolute atomic E-state index is 0.0718. The Balaban J connectivity index is 1.48. The summed E-state index contributed by atoms with van der Waals surface area (Å²) in [6.07, 6.45) is 0. The summed E-state index contributed by atoms with van der Waals surface area (Å²) in [6.45, 7) is 0.394. The van der Waals surface area contributed by atoms with Gasteiger partial charge in [0.1, 0.15) is 0 Å². The number of carbonyl (C=O) groups is 2. The Hall–Kier alpha value is -3.61. The van der Waals surface area contributed by atoms with Gasteiger partial charge in [0.05, 0.1) is 16.8 Å². The second-order valence-electron chi connectivity index (χ2n) is 7.76. The first-order valence-electron chi connectivity index (χ1n) is 10.7. The fourth-order valence-corrected chi connectivity index (χ4v) is 5.19. The van der Waals surface area contributed by atoms with Gasteiger partial charge in [0.25, 0.3) is 5.91 Å². The van der Waals surface area contributed by atoms with Gasteiger partial charge < -0.3 is 0 Å². The monoisotopic (exact) mass is 526 g/mol. The largest absolute Gasteiger partial charge is 0.289 e. The number of hydrogen-bond donors (Lipinski definition) is 0. The molecule has 0 fully saturated rings. The Labute approximate surface area is 209 Å². The van der Waals surface area contributed by atoms with Gasteiger partial charge in [-0.3, -0.25) is 14.5 Å². The van der Waals surface area contributed by atoms with Crippen molar-refractivity contribution in [3.05, 3.63) is 130 Å². The predicted octanol–water partition coefficient (Wildman–Crippen LogP) is 7.14. The molecule has 0 unspecified atom stereocenters. The number of nitrogens with zero attached hydrogens (tertiary/aromatic N) is 2. The molecule has 1 amide bonds. The summed E-state index contributed by atoms with van der Waals surface area (Å²) in [5, 5.41) is 0.631. The molecule has 0 atom stereocenters. The summed E-state index contributed by atoms with van der Waals surface area (Å²) in [4.78, 5) is 32.8. The van der Waals surface area contributed by atoms with Crippen molar-refractivity contribution < 1.29 is 9.59 Å². The standard InChI is InChI=1S/C28H19BrN2O2S/c29-23-15-16-24-25(17-23)34-28(30-24)31(18-19-7-3-1-4-8-19)27(33)22-13-11-21(12-14-22)26(32)20-9-5-2-6-10-20/h1-17H,18H2. The zero-order valence-electron chi connectivity index (χ0n) is 18.0. The molecule has 0 saturated carbocycles. The molecule has 4 nitrogen and oxygen atoms in total. The number of carbonyl (C=O) groups excluding carboxylic acids is 2. The van der Waals surface area contributed by atoms with Gasteiger partial charge in [0.15, 0.2) is 10.9 Å². The lowest BCUT2D eigenvalue weighted by molar-refractivity contribution is 0.0982. The Bertz CT molecular complexity index is 1470. The van der Waals surface area contributed by atoms with Crippen molar-refractivity contribution >= 4 is 54.3 Å². The van der Waals surface area contributed by atoms with Gasteiger partial charge in [-0.2, -0.15) is 0 Å². The first-order valence-corrected chi connectivity index (χ1v) is 12.3. The van der Waals surface area contributed by atoms with Crippen LogP contribution in [0, 0.1) is 0 Å². The van der Waals surface area contributed by atoms with Crippen molar-refractivity contribution in [3.63, 3.8) is 0 Å². The minimum atomic E-state index is -0.166. The number of rotatable bonds is 6. The molecular weight excluding hydrogens is 508 g/mol. The minimum Gasteiger partial charge on any atom is -0.289 e. The number of thiazole rings is 1. The van der Waals surface area contributed by atoms with Crippen LogP contribution in [0.3, 0.4) is 0 Å². The molecule has 0 saturated heterocycles. The van der Waals surface area contributed by atoms with Crippen LogP contribution in [-0.4, -0.2) is 16.7 Å². The van der Waals surface area contributed by atoms with Crippen LogP contribution in [0.2, 0.25) is 0 Å². The van der Waals surface area contributed by atoms with Crippen molar-refractivity contribution in [1.29, 1.82) is 0 Å². The van der Waals surface area contributed by atoms with Crippen molar-refractivity contribution in [1.82, 2.24) is 4.98 Å². The van der Waals surface area contributed by atoms with Gasteiger partial charge in [-0.25, -0.2) is 4.98 Å². The molecule has 166 valence electrons. The Morgan fingerprint density at radius 3 is 2.09 bits per heavy atom. The molecule has 0 N–H and O–H groups in total. The first-order chi connectivity index (χ1) is 16.6. The highest BCUT2D eigenvalue weighted by Crippen LogP contribution is 2.32. The number of halogens is 1. The molecule has 0 spiro atoms. The van der Waals surface area contributed by atoms with Gasteiger partial charge in [-0.15, -0.1) is 0 Å². The van der Waals surface area contributed by atoms with E-state index in [1.54, 1.807) is 41.3 Å². The van der Waals surface area contributed by atoms with Crippen LogP contribution in [-0.2, 0) is 6.54 Å². The molecule has 0 radical (unpaired) electrons. The number of amides is 1. The second-order valence-corrected chi connectivity index (χ2v) is 9.68. The summed E-state index contributed by atoms with van der Waals surface area (Å²) in [6, 6.07) is 31.7. The molecule has 5 rings (SSSR count). The summed E-state index contributed by atoms with van der Waals surface area (Å²) < 4.78 is 1.97. The molecule has 1 heterocycles. The number of anilines is 1. The fraction of sp³-hybridized carbons (Fsp3) is 0.0357. The number of aromatic nitrogens is 1. The van der Waals surface area contributed by atoms with Crippen LogP contribution in [0.15, 0.2) is 108 Å². The smallest absolute Gasteiger partial charge is 0.260 e. The molecule has 0 bridgehead atoms. The third-order valence-corrected chi connectivity index (χ3v) is 6.96. The number of fused-ring (bicyclic) bond motifs is 1. The molecule has 0 aliphatic carbocycles. The van der Waals surface area contributed by atoms with Crippen molar-refractivity contribution in [2.75, 3.05) is 4.90 Å². The zero-order chi connectivity index (χ0) is 23.5. The Morgan fingerprint density at radius 2 is 1.38 bits per heavy atom. The van der Waals surface area contributed by atoms with Crippen LogP contribution in [0.25, 0.3) is 10.2 Å². The van der Waals surface area contributed by atoms with Gasteiger partial charge >= 0.3 is 0 Å². The highest BCUT2D eigenvalue weighted by Gasteiger charge is 2.22. The Morgan fingerprint density at radius 1 is 0.765 bits per heavy atom. The van der Waals surface area contributed by atoms with Crippen LogP contribution in [0.4, 0.5) is 5.13 Å². The van der Waals surface area contributed by atoms with E-state index in [0.29, 0.717) is 28.4 Å². The molecule has 0 aliphatic heterocycles. The number of hydrogen-bond acceptors (Lipinski definition) is 4. The van der Waals surface area contributed by atoms with Gasteiger partial charge in [-0.1, -0.05) is 100 Å². The lowest BCUT2D eigenvalue weighted by Gasteiger charge is -2.20. The maximum atomic E-state index is 13.6. The van der Waals surface area contributed by atoms with Crippen LogP contribution >= 0.6 is 27.3 Å². The van der Waals surface area contributed by atoms with E-state index in [1.807, 2.05) is 66.7 Å². The molecule has 6 heteroatoms. The van der Waals surface area contributed by atoms with Crippen molar-refractivity contribution in [2.24, 2.45) is 0 Å². The van der Waals surface area contributed by atoms with E-state index in [2.05, 4.69) is 15.9 Å². The normalized spacial score (nSPS) is 10.9. The highest BCUT2D eigenvalue weighted by atomic mass is 79.9. The van der Waals surface area contributed by atoms with Crippen LogP contribution < -0.4 is 4.90 Å². The van der Waals surface area contributed by atoms with E-state index in [0.717, 1.165) is 20.3 Å². The molecule has 5 aromatic rings. The lowest BCUT2D eigenvalue weighted by Crippen LogP contribution is -2.30. The molecule has 0 aliphatic rings. The molecule has 4 aromatic carbocycles.